The van der Waals surface area contributed by atoms with E-state index in [-0.39, 0.29) is 11.3 Å². The molecule has 1 unspecified atom stereocenters. The van der Waals surface area contributed by atoms with E-state index in [9.17, 15) is 14.7 Å². The first-order chi connectivity index (χ1) is 14.5. The standard InChI is InChI=1S/C23H25NO6/c1-28-14-8-13-24-20(15-9-4-6-11-17(15)29-2)19(22(26)23(24)27)21(25)16-10-5-7-12-18(16)30-3/h4-7,9-12,20,25H,8,13-14H2,1-3H3/b21-19+. The van der Waals surface area contributed by atoms with Gasteiger partial charge in [-0.1, -0.05) is 30.3 Å². The van der Waals surface area contributed by atoms with Crippen molar-refractivity contribution in [1.29, 1.82) is 0 Å². The molecule has 0 aliphatic carbocycles. The molecule has 0 saturated carbocycles. The quantitative estimate of drug-likeness (QED) is 0.311. The van der Waals surface area contributed by atoms with Gasteiger partial charge in [-0.2, -0.15) is 0 Å². The van der Waals surface area contributed by atoms with Crippen LogP contribution in [0.1, 0.15) is 23.6 Å². The van der Waals surface area contributed by atoms with E-state index < -0.39 is 17.7 Å². The van der Waals surface area contributed by atoms with Gasteiger partial charge in [-0.15, -0.1) is 0 Å². The van der Waals surface area contributed by atoms with Gasteiger partial charge in [-0.05, 0) is 24.6 Å². The lowest BCUT2D eigenvalue weighted by Gasteiger charge is -2.26. The molecular formula is C23H25NO6. The van der Waals surface area contributed by atoms with Crippen LogP contribution in [0.4, 0.5) is 0 Å². The Labute approximate surface area is 175 Å². The maximum absolute atomic E-state index is 13.0. The van der Waals surface area contributed by atoms with Crippen molar-refractivity contribution < 1.29 is 28.9 Å². The zero-order valence-corrected chi connectivity index (χ0v) is 17.3. The van der Waals surface area contributed by atoms with Gasteiger partial charge in [0.1, 0.15) is 17.3 Å². The molecule has 1 fully saturated rings. The molecule has 1 aliphatic heterocycles. The molecular weight excluding hydrogens is 386 g/mol. The van der Waals surface area contributed by atoms with Crippen LogP contribution in [-0.4, -0.2) is 56.2 Å². The predicted molar refractivity (Wildman–Crippen MR) is 111 cm³/mol. The highest BCUT2D eigenvalue weighted by atomic mass is 16.5. The van der Waals surface area contributed by atoms with Crippen LogP contribution in [0, 0.1) is 0 Å². The average Bonchev–Trinajstić information content (AvgIpc) is 3.03. The first kappa shape index (κ1) is 21.4. The Morgan fingerprint density at radius 3 is 2.27 bits per heavy atom. The van der Waals surface area contributed by atoms with Crippen LogP contribution in [-0.2, 0) is 14.3 Å². The summed E-state index contributed by atoms with van der Waals surface area (Å²) < 4.78 is 15.9. The maximum atomic E-state index is 13.0. The number of likely N-dealkylation sites (tertiary alicyclic amines) is 1. The van der Waals surface area contributed by atoms with Gasteiger partial charge in [0.05, 0.1) is 31.4 Å². The lowest BCUT2D eigenvalue weighted by atomic mass is 9.94. The molecule has 1 aliphatic rings. The SMILES string of the molecule is COCCCN1C(=O)C(=O)/C(=C(/O)c2ccccc2OC)C1c1ccccc1OC. The number of ether oxygens (including phenoxy) is 3. The molecule has 1 amide bonds. The van der Waals surface area contributed by atoms with Crippen LogP contribution >= 0.6 is 0 Å². The van der Waals surface area contributed by atoms with Crippen molar-refractivity contribution in [2.45, 2.75) is 12.5 Å². The number of Topliss-reactive ketones (excluding diaryl/α,β-unsaturated/α-hetero) is 1. The highest BCUT2D eigenvalue weighted by molar-refractivity contribution is 6.46. The average molecular weight is 411 g/mol. The zero-order valence-electron chi connectivity index (χ0n) is 17.3. The minimum Gasteiger partial charge on any atom is -0.507 e. The summed E-state index contributed by atoms with van der Waals surface area (Å²) in [6.07, 6.45) is 0.546. The van der Waals surface area contributed by atoms with Gasteiger partial charge < -0.3 is 24.2 Å². The molecule has 7 heteroatoms. The number of rotatable bonds is 8. The molecule has 1 saturated heterocycles. The number of para-hydroxylation sites is 2. The van der Waals surface area contributed by atoms with Crippen LogP contribution in [0.15, 0.2) is 54.1 Å². The molecule has 30 heavy (non-hydrogen) atoms. The van der Waals surface area contributed by atoms with E-state index in [4.69, 9.17) is 14.2 Å². The minimum atomic E-state index is -0.789. The lowest BCUT2D eigenvalue weighted by Crippen LogP contribution is -2.31. The van der Waals surface area contributed by atoms with Crippen LogP contribution in [0.5, 0.6) is 11.5 Å². The zero-order chi connectivity index (χ0) is 21.7. The van der Waals surface area contributed by atoms with Crippen LogP contribution in [0.3, 0.4) is 0 Å². The molecule has 0 bridgehead atoms. The molecule has 2 aromatic rings. The second kappa shape index (κ2) is 9.45. The number of aliphatic hydroxyl groups excluding tert-OH is 1. The third-order valence-electron chi connectivity index (χ3n) is 5.08. The molecule has 0 radical (unpaired) electrons. The number of amides is 1. The Morgan fingerprint density at radius 1 is 0.967 bits per heavy atom. The van der Waals surface area contributed by atoms with Gasteiger partial charge >= 0.3 is 0 Å². The monoisotopic (exact) mass is 411 g/mol. The Hall–Kier alpha value is -3.32. The van der Waals surface area contributed by atoms with E-state index in [1.807, 2.05) is 0 Å². The minimum absolute atomic E-state index is 0.00594. The van der Waals surface area contributed by atoms with Crippen molar-refractivity contribution in [2.75, 3.05) is 34.5 Å². The van der Waals surface area contributed by atoms with E-state index in [1.54, 1.807) is 55.6 Å². The van der Waals surface area contributed by atoms with Gasteiger partial charge in [0.25, 0.3) is 11.7 Å². The molecule has 1 atom stereocenters. The summed E-state index contributed by atoms with van der Waals surface area (Å²) in [5.74, 6) is -0.771. The second-order valence-corrected chi connectivity index (χ2v) is 6.78. The maximum Gasteiger partial charge on any atom is 0.295 e. The van der Waals surface area contributed by atoms with Gasteiger partial charge in [0.2, 0.25) is 0 Å². The summed E-state index contributed by atoms with van der Waals surface area (Å²) in [5, 5.41) is 11.1. The highest BCUT2D eigenvalue weighted by Gasteiger charge is 2.47. The van der Waals surface area contributed by atoms with E-state index >= 15 is 0 Å². The van der Waals surface area contributed by atoms with Gasteiger partial charge in [0, 0.05) is 25.8 Å². The first-order valence-corrected chi connectivity index (χ1v) is 9.58. The molecule has 0 aromatic heterocycles. The molecule has 158 valence electrons. The van der Waals surface area contributed by atoms with Crippen LogP contribution in [0.2, 0.25) is 0 Å². The predicted octanol–water partition coefficient (Wildman–Crippen LogP) is 3.16. The fourth-order valence-electron chi connectivity index (χ4n) is 3.69. The van der Waals surface area contributed by atoms with Crippen molar-refractivity contribution in [1.82, 2.24) is 4.90 Å². The third kappa shape index (κ3) is 3.89. The summed E-state index contributed by atoms with van der Waals surface area (Å²) in [7, 11) is 4.58. The smallest absolute Gasteiger partial charge is 0.295 e. The highest BCUT2D eigenvalue weighted by Crippen LogP contribution is 2.43. The van der Waals surface area contributed by atoms with Crippen molar-refractivity contribution in [3.63, 3.8) is 0 Å². The molecule has 2 aromatic carbocycles. The number of methoxy groups -OCH3 is 3. The van der Waals surface area contributed by atoms with E-state index in [0.717, 1.165) is 0 Å². The van der Waals surface area contributed by atoms with Crippen molar-refractivity contribution in [3.8, 4) is 11.5 Å². The van der Waals surface area contributed by atoms with E-state index in [1.165, 1.54) is 19.1 Å². The Morgan fingerprint density at radius 2 is 1.60 bits per heavy atom. The molecule has 1 heterocycles. The van der Waals surface area contributed by atoms with Crippen LogP contribution < -0.4 is 9.47 Å². The lowest BCUT2D eigenvalue weighted by molar-refractivity contribution is -0.140. The summed E-state index contributed by atoms with van der Waals surface area (Å²) >= 11 is 0. The van der Waals surface area contributed by atoms with E-state index in [0.29, 0.717) is 42.2 Å². The molecule has 7 nitrogen and oxygen atoms in total. The number of hydrogen-bond donors (Lipinski definition) is 1. The molecule has 1 N–H and O–H groups in total. The fourth-order valence-corrected chi connectivity index (χ4v) is 3.69. The van der Waals surface area contributed by atoms with Crippen LogP contribution in [0.25, 0.3) is 5.76 Å². The number of aliphatic hydroxyl groups is 1. The van der Waals surface area contributed by atoms with Gasteiger partial charge in [-0.3, -0.25) is 9.59 Å². The van der Waals surface area contributed by atoms with E-state index in [2.05, 4.69) is 0 Å². The first-order valence-electron chi connectivity index (χ1n) is 9.58. The number of carbonyl (C=O) groups is 2. The number of hydrogen-bond acceptors (Lipinski definition) is 6. The normalized spacial score (nSPS) is 18.0. The van der Waals surface area contributed by atoms with Gasteiger partial charge in [-0.25, -0.2) is 0 Å². The number of ketones is 1. The largest absolute Gasteiger partial charge is 0.507 e. The fraction of sp³-hybridized carbons (Fsp3) is 0.304. The number of nitrogens with zero attached hydrogens (tertiary/aromatic N) is 1. The topological polar surface area (TPSA) is 85.3 Å². The summed E-state index contributed by atoms with van der Waals surface area (Å²) in [6.45, 7) is 0.734. The second-order valence-electron chi connectivity index (χ2n) is 6.78. The number of benzene rings is 2. The van der Waals surface area contributed by atoms with Crippen molar-refractivity contribution in [2.24, 2.45) is 0 Å². The summed E-state index contributed by atoms with van der Waals surface area (Å²) in [4.78, 5) is 27.4. The third-order valence-corrected chi connectivity index (χ3v) is 5.08. The molecule has 0 spiro atoms. The van der Waals surface area contributed by atoms with Crippen molar-refractivity contribution in [3.05, 3.63) is 65.2 Å². The Kier molecular flexibility index (Phi) is 6.74. The molecule has 3 rings (SSSR count). The summed E-state index contributed by atoms with van der Waals surface area (Å²) in [5.41, 5.74) is 0.967. The Bertz CT molecular complexity index is 968. The van der Waals surface area contributed by atoms with Gasteiger partial charge in [0.15, 0.2) is 0 Å². The number of carbonyl (C=O) groups excluding carboxylic acids is 2. The Balaban J connectivity index is 2.20. The van der Waals surface area contributed by atoms with Crippen molar-refractivity contribution >= 4 is 17.4 Å². The summed E-state index contributed by atoms with van der Waals surface area (Å²) in [6, 6.07) is 13.2.